The molecule has 1 aliphatic rings. The van der Waals surface area contributed by atoms with Crippen LogP contribution in [0.4, 0.5) is 0 Å². The van der Waals surface area contributed by atoms with Gasteiger partial charge in [0.05, 0.1) is 13.7 Å². The highest BCUT2D eigenvalue weighted by atomic mass is 16.7. The molecule has 0 unspecified atom stereocenters. The number of methoxy groups -OCH3 is 2. The van der Waals surface area contributed by atoms with Crippen LogP contribution in [0.1, 0.15) is 12.0 Å². The van der Waals surface area contributed by atoms with Gasteiger partial charge >= 0.3 is 5.97 Å². The molecular weight excluding hydrogens is 276 g/mol. The van der Waals surface area contributed by atoms with E-state index in [1.54, 1.807) is 0 Å². The number of aliphatic hydroxyl groups excluding tert-OH is 1. The Morgan fingerprint density at radius 2 is 2.10 bits per heavy atom. The minimum absolute atomic E-state index is 0.348. The Bertz CT molecular complexity index is 449. The van der Waals surface area contributed by atoms with Gasteiger partial charge in [-0.3, -0.25) is 0 Å². The highest BCUT2D eigenvalue weighted by molar-refractivity contribution is 5.75. The van der Waals surface area contributed by atoms with Crippen molar-refractivity contribution >= 4 is 5.97 Å². The molecule has 0 bridgehead atoms. The molecular formula is C15H20O6. The van der Waals surface area contributed by atoms with Crippen LogP contribution in [0.25, 0.3) is 0 Å². The molecule has 0 spiro atoms. The predicted octanol–water partition coefficient (Wildman–Crippen LogP) is 0.867. The fourth-order valence-electron chi connectivity index (χ4n) is 2.26. The number of carbonyl (C=O) groups is 1. The molecule has 1 aliphatic heterocycles. The minimum Gasteiger partial charge on any atom is -0.467 e. The first-order valence-electron chi connectivity index (χ1n) is 6.75. The van der Waals surface area contributed by atoms with Gasteiger partial charge in [-0.1, -0.05) is 30.3 Å². The summed E-state index contributed by atoms with van der Waals surface area (Å²) in [6, 6.07) is 9.71. The van der Waals surface area contributed by atoms with Crippen molar-refractivity contribution in [3.05, 3.63) is 35.9 Å². The van der Waals surface area contributed by atoms with Gasteiger partial charge in [-0.25, -0.2) is 4.79 Å². The van der Waals surface area contributed by atoms with E-state index in [1.807, 2.05) is 30.3 Å². The Labute approximate surface area is 123 Å². The molecule has 0 aliphatic carbocycles. The molecule has 1 N–H and O–H groups in total. The van der Waals surface area contributed by atoms with E-state index in [4.69, 9.17) is 14.2 Å². The summed E-state index contributed by atoms with van der Waals surface area (Å²) in [7, 11) is 2.72. The number of hydrogen-bond donors (Lipinski definition) is 1. The van der Waals surface area contributed by atoms with Crippen LogP contribution in [-0.2, 0) is 30.3 Å². The van der Waals surface area contributed by atoms with Gasteiger partial charge in [0.25, 0.3) is 0 Å². The molecule has 6 heteroatoms. The van der Waals surface area contributed by atoms with E-state index in [0.717, 1.165) is 5.56 Å². The third-order valence-electron chi connectivity index (χ3n) is 3.41. The minimum atomic E-state index is -1.34. The Morgan fingerprint density at radius 3 is 2.71 bits per heavy atom. The Hall–Kier alpha value is -1.47. The average Bonchev–Trinajstić information content (AvgIpc) is 2.95. The van der Waals surface area contributed by atoms with Crippen molar-refractivity contribution in [1.82, 2.24) is 0 Å². The van der Waals surface area contributed by atoms with Crippen molar-refractivity contribution in [3.63, 3.8) is 0 Å². The smallest absolute Gasteiger partial charge is 0.337 e. The van der Waals surface area contributed by atoms with E-state index in [0.29, 0.717) is 13.0 Å². The number of ether oxygens (including phenoxy) is 4. The number of rotatable bonds is 6. The quantitative estimate of drug-likeness (QED) is 0.785. The average molecular weight is 296 g/mol. The van der Waals surface area contributed by atoms with Gasteiger partial charge < -0.3 is 24.1 Å². The molecule has 21 heavy (non-hydrogen) atoms. The molecule has 1 fully saturated rings. The molecule has 0 saturated carbocycles. The second-order valence-corrected chi connectivity index (χ2v) is 4.82. The second kappa shape index (κ2) is 7.51. The lowest BCUT2D eigenvalue weighted by atomic mass is 10.1. The summed E-state index contributed by atoms with van der Waals surface area (Å²) in [5, 5.41) is 9.82. The van der Waals surface area contributed by atoms with Crippen LogP contribution in [-0.4, -0.2) is 49.9 Å². The van der Waals surface area contributed by atoms with Crippen LogP contribution in [0.3, 0.4) is 0 Å². The first-order chi connectivity index (χ1) is 10.2. The Balaban J connectivity index is 1.91. The standard InChI is InChI=1S/C15H20O6/c1-18-14(17)13(16)11-8-12(15(19-2)21-11)20-9-10-6-4-3-5-7-10/h3-7,11-13,15-16H,8-9H2,1-2H3/t11-,12-,13-,15-/m0/s1. The van der Waals surface area contributed by atoms with Gasteiger partial charge in [-0.05, 0) is 5.56 Å². The maximum atomic E-state index is 11.3. The van der Waals surface area contributed by atoms with Gasteiger partial charge in [0.2, 0.25) is 0 Å². The van der Waals surface area contributed by atoms with Crippen LogP contribution in [0.2, 0.25) is 0 Å². The number of aliphatic hydroxyl groups is 1. The van der Waals surface area contributed by atoms with Gasteiger partial charge in [0.1, 0.15) is 12.2 Å². The van der Waals surface area contributed by atoms with E-state index < -0.39 is 24.5 Å². The number of hydrogen-bond acceptors (Lipinski definition) is 6. The lowest BCUT2D eigenvalue weighted by Crippen LogP contribution is -2.35. The van der Waals surface area contributed by atoms with Crippen LogP contribution < -0.4 is 0 Å². The van der Waals surface area contributed by atoms with Crippen molar-refractivity contribution in [1.29, 1.82) is 0 Å². The third-order valence-corrected chi connectivity index (χ3v) is 3.41. The van der Waals surface area contributed by atoms with E-state index in [-0.39, 0.29) is 6.10 Å². The summed E-state index contributed by atoms with van der Waals surface area (Å²) in [5.41, 5.74) is 1.03. The van der Waals surface area contributed by atoms with E-state index in [9.17, 15) is 9.90 Å². The maximum Gasteiger partial charge on any atom is 0.337 e. The molecule has 1 aromatic carbocycles. The fraction of sp³-hybridized carbons (Fsp3) is 0.533. The number of esters is 1. The number of benzene rings is 1. The molecule has 1 saturated heterocycles. The lowest BCUT2D eigenvalue weighted by molar-refractivity contribution is -0.184. The molecule has 2 rings (SSSR count). The normalized spacial score (nSPS) is 26.5. The number of carbonyl (C=O) groups excluding carboxylic acids is 1. The molecule has 0 amide bonds. The third kappa shape index (κ3) is 4.01. The zero-order valence-corrected chi connectivity index (χ0v) is 12.1. The van der Waals surface area contributed by atoms with Gasteiger partial charge in [0.15, 0.2) is 12.4 Å². The first kappa shape index (κ1) is 15.9. The summed E-state index contributed by atoms with van der Waals surface area (Å²) in [4.78, 5) is 11.3. The molecule has 1 heterocycles. The largest absolute Gasteiger partial charge is 0.467 e. The van der Waals surface area contributed by atoms with Crippen LogP contribution in [0.15, 0.2) is 30.3 Å². The summed E-state index contributed by atoms with van der Waals surface area (Å²) >= 11 is 0. The second-order valence-electron chi connectivity index (χ2n) is 4.82. The zero-order valence-electron chi connectivity index (χ0n) is 12.1. The van der Waals surface area contributed by atoms with E-state index in [2.05, 4.69) is 4.74 Å². The maximum absolute atomic E-state index is 11.3. The van der Waals surface area contributed by atoms with Crippen molar-refractivity contribution in [2.75, 3.05) is 14.2 Å². The fourth-order valence-corrected chi connectivity index (χ4v) is 2.26. The summed E-state index contributed by atoms with van der Waals surface area (Å²) in [6.45, 7) is 0.412. The summed E-state index contributed by atoms with van der Waals surface area (Å²) in [5.74, 6) is -0.724. The van der Waals surface area contributed by atoms with Gasteiger partial charge in [0, 0.05) is 13.5 Å². The topological polar surface area (TPSA) is 74.2 Å². The van der Waals surface area contributed by atoms with Gasteiger partial charge in [-0.15, -0.1) is 0 Å². The summed E-state index contributed by atoms with van der Waals surface area (Å²) < 4.78 is 21.0. The predicted molar refractivity (Wildman–Crippen MR) is 73.3 cm³/mol. The van der Waals surface area contributed by atoms with E-state index >= 15 is 0 Å². The molecule has 6 nitrogen and oxygen atoms in total. The van der Waals surface area contributed by atoms with Crippen molar-refractivity contribution in [3.8, 4) is 0 Å². The SMILES string of the molecule is COC(=O)[C@@H](O)[C@@H]1C[C@H](OCc2ccccc2)[C@@H](OC)O1. The summed E-state index contributed by atoms with van der Waals surface area (Å²) in [6.07, 6.45) is -2.62. The molecule has 1 aromatic rings. The Morgan fingerprint density at radius 1 is 1.38 bits per heavy atom. The highest BCUT2D eigenvalue weighted by Crippen LogP contribution is 2.27. The molecule has 116 valence electrons. The monoisotopic (exact) mass is 296 g/mol. The zero-order chi connectivity index (χ0) is 15.2. The molecule has 0 radical (unpaired) electrons. The lowest BCUT2D eigenvalue weighted by Gasteiger charge is -2.17. The Kier molecular flexibility index (Phi) is 5.69. The van der Waals surface area contributed by atoms with Crippen molar-refractivity contribution in [2.45, 2.75) is 37.6 Å². The van der Waals surface area contributed by atoms with Crippen molar-refractivity contribution < 1.29 is 28.8 Å². The van der Waals surface area contributed by atoms with Gasteiger partial charge in [-0.2, -0.15) is 0 Å². The molecule has 0 aromatic heterocycles. The van der Waals surface area contributed by atoms with Crippen LogP contribution >= 0.6 is 0 Å². The van der Waals surface area contributed by atoms with Crippen LogP contribution in [0.5, 0.6) is 0 Å². The first-order valence-corrected chi connectivity index (χ1v) is 6.75. The van der Waals surface area contributed by atoms with Crippen LogP contribution in [0, 0.1) is 0 Å². The van der Waals surface area contributed by atoms with Crippen molar-refractivity contribution in [2.24, 2.45) is 0 Å². The molecule has 4 atom stereocenters. The van der Waals surface area contributed by atoms with E-state index in [1.165, 1.54) is 14.2 Å². The highest BCUT2D eigenvalue weighted by Gasteiger charge is 2.42.